The van der Waals surface area contributed by atoms with Gasteiger partial charge in [-0.15, -0.1) is 11.3 Å². The fourth-order valence-electron chi connectivity index (χ4n) is 2.55. The zero-order chi connectivity index (χ0) is 15.4. The molecule has 1 aromatic heterocycles. The van der Waals surface area contributed by atoms with Crippen LogP contribution in [0, 0.1) is 0 Å². The molecule has 0 spiro atoms. The van der Waals surface area contributed by atoms with Crippen LogP contribution < -0.4 is 4.90 Å². The smallest absolute Gasteiger partial charge is 0.355 e. The Morgan fingerprint density at radius 3 is 2.95 bits per heavy atom. The number of thiazole rings is 1. The van der Waals surface area contributed by atoms with Gasteiger partial charge < -0.3 is 14.7 Å². The Morgan fingerprint density at radius 1 is 1.41 bits per heavy atom. The minimum Gasteiger partial charge on any atom is -0.476 e. The monoisotopic (exact) mass is 318 g/mol. The number of aryl methyl sites for hydroxylation is 1. The van der Waals surface area contributed by atoms with Gasteiger partial charge in [-0.05, 0) is 18.4 Å². The lowest BCUT2D eigenvalue weighted by Gasteiger charge is -2.32. The summed E-state index contributed by atoms with van der Waals surface area (Å²) in [5.41, 5.74) is 1.43. The van der Waals surface area contributed by atoms with E-state index in [1.165, 1.54) is 16.9 Å². The summed E-state index contributed by atoms with van der Waals surface area (Å²) in [7, 11) is 0. The number of morpholine rings is 1. The first-order valence-electron chi connectivity index (χ1n) is 7.31. The fourth-order valence-corrected chi connectivity index (χ4v) is 3.38. The van der Waals surface area contributed by atoms with Gasteiger partial charge in [0.2, 0.25) is 0 Å². The number of ether oxygens (including phenoxy) is 1. The van der Waals surface area contributed by atoms with Crippen molar-refractivity contribution in [2.24, 2.45) is 0 Å². The molecule has 0 saturated carbocycles. The quantitative estimate of drug-likeness (QED) is 0.918. The first-order chi connectivity index (χ1) is 10.7. The molecular formula is C16H18N2O3S. The van der Waals surface area contributed by atoms with E-state index in [9.17, 15) is 4.79 Å². The van der Waals surface area contributed by atoms with E-state index < -0.39 is 5.97 Å². The molecule has 1 aromatic carbocycles. The van der Waals surface area contributed by atoms with Crippen molar-refractivity contribution in [3.8, 4) is 0 Å². The molecule has 5 nitrogen and oxygen atoms in total. The first kappa shape index (κ1) is 15.0. The van der Waals surface area contributed by atoms with Gasteiger partial charge in [0.25, 0.3) is 0 Å². The van der Waals surface area contributed by atoms with E-state index in [4.69, 9.17) is 9.84 Å². The maximum atomic E-state index is 10.9. The predicted molar refractivity (Wildman–Crippen MR) is 85.8 cm³/mol. The predicted octanol–water partition coefficient (Wildman–Crippen LogP) is 2.68. The van der Waals surface area contributed by atoms with E-state index in [0.29, 0.717) is 6.61 Å². The van der Waals surface area contributed by atoms with Gasteiger partial charge in [0.05, 0.1) is 12.7 Å². The molecule has 2 aromatic rings. The SMILES string of the molecule is O=C(O)c1csc(N2CCOC(CCc3ccccc3)C2)n1. The molecule has 3 rings (SSSR count). The van der Waals surface area contributed by atoms with Crippen molar-refractivity contribution >= 4 is 22.4 Å². The number of anilines is 1. The average molecular weight is 318 g/mol. The highest BCUT2D eigenvalue weighted by Crippen LogP contribution is 2.24. The Hall–Kier alpha value is -1.92. The number of carbonyl (C=O) groups is 1. The Bertz CT molecular complexity index is 629. The van der Waals surface area contributed by atoms with E-state index >= 15 is 0 Å². The van der Waals surface area contributed by atoms with Crippen LogP contribution in [0.15, 0.2) is 35.7 Å². The standard InChI is InChI=1S/C16H18N2O3S/c19-15(20)14-11-22-16(17-14)18-8-9-21-13(10-18)7-6-12-4-2-1-3-5-12/h1-5,11,13H,6-10H2,(H,19,20). The molecule has 1 atom stereocenters. The molecule has 0 radical (unpaired) electrons. The normalized spacial score (nSPS) is 18.4. The van der Waals surface area contributed by atoms with Crippen molar-refractivity contribution in [1.82, 2.24) is 4.98 Å². The van der Waals surface area contributed by atoms with E-state index in [1.54, 1.807) is 5.38 Å². The Kier molecular flexibility index (Phi) is 4.70. The minimum atomic E-state index is -0.976. The summed E-state index contributed by atoms with van der Waals surface area (Å²) in [6.45, 7) is 2.18. The molecule has 1 fully saturated rings. The molecule has 0 bridgehead atoms. The molecule has 6 heteroatoms. The lowest BCUT2D eigenvalue weighted by Crippen LogP contribution is -2.42. The molecule has 1 aliphatic rings. The van der Waals surface area contributed by atoms with Gasteiger partial charge >= 0.3 is 5.97 Å². The average Bonchev–Trinajstić information content (AvgIpc) is 3.05. The van der Waals surface area contributed by atoms with Crippen molar-refractivity contribution in [2.75, 3.05) is 24.6 Å². The summed E-state index contributed by atoms with van der Waals surface area (Å²) in [5, 5.41) is 11.3. The highest BCUT2D eigenvalue weighted by molar-refractivity contribution is 7.13. The third kappa shape index (κ3) is 3.64. The van der Waals surface area contributed by atoms with Crippen molar-refractivity contribution in [3.05, 3.63) is 47.0 Å². The number of hydrogen-bond acceptors (Lipinski definition) is 5. The number of carboxylic acids is 1. The van der Waals surface area contributed by atoms with Crippen LogP contribution in [-0.4, -0.2) is 41.9 Å². The third-order valence-corrected chi connectivity index (χ3v) is 4.62. The molecule has 1 N–H and O–H groups in total. The Balaban J connectivity index is 1.58. The second kappa shape index (κ2) is 6.89. The van der Waals surface area contributed by atoms with Crippen molar-refractivity contribution < 1.29 is 14.6 Å². The van der Waals surface area contributed by atoms with Crippen LogP contribution in [0.1, 0.15) is 22.5 Å². The molecule has 1 unspecified atom stereocenters. The maximum absolute atomic E-state index is 10.9. The third-order valence-electron chi connectivity index (χ3n) is 3.72. The molecule has 0 aliphatic carbocycles. The Labute approximate surface area is 133 Å². The molecule has 22 heavy (non-hydrogen) atoms. The molecule has 1 saturated heterocycles. The van der Waals surface area contributed by atoms with Crippen molar-refractivity contribution in [2.45, 2.75) is 18.9 Å². The molecule has 116 valence electrons. The number of aromatic nitrogens is 1. The lowest BCUT2D eigenvalue weighted by atomic mass is 10.1. The zero-order valence-electron chi connectivity index (χ0n) is 12.1. The number of hydrogen-bond donors (Lipinski definition) is 1. The summed E-state index contributed by atoms with van der Waals surface area (Å²) >= 11 is 1.38. The van der Waals surface area contributed by atoms with Gasteiger partial charge in [-0.25, -0.2) is 9.78 Å². The largest absolute Gasteiger partial charge is 0.476 e. The van der Waals surface area contributed by atoms with Gasteiger partial charge in [0.1, 0.15) is 0 Å². The summed E-state index contributed by atoms with van der Waals surface area (Å²) in [6, 6.07) is 10.4. The summed E-state index contributed by atoms with van der Waals surface area (Å²) in [5.74, 6) is -0.976. The second-order valence-corrected chi connectivity index (χ2v) is 6.12. The fraction of sp³-hybridized carbons (Fsp3) is 0.375. The van der Waals surface area contributed by atoms with Crippen molar-refractivity contribution in [1.29, 1.82) is 0 Å². The number of nitrogens with zero attached hydrogens (tertiary/aromatic N) is 2. The van der Waals surface area contributed by atoms with Crippen LogP contribution in [-0.2, 0) is 11.2 Å². The summed E-state index contributed by atoms with van der Waals surface area (Å²) < 4.78 is 5.82. The topological polar surface area (TPSA) is 62.7 Å². The van der Waals surface area contributed by atoms with Crippen LogP contribution in [0.3, 0.4) is 0 Å². The van der Waals surface area contributed by atoms with Crippen LogP contribution in [0.4, 0.5) is 5.13 Å². The minimum absolute atomic E-state index is 0.118. The zero-order valence-corrected chi connectivity index (χ0v) is 13.0. The molecule has 1 aliphatic heterocycles. The van der Waals surface area contributed by atoms with Crippen LogP contribution in [0.5, 0.6) is 0 Å². The molecular weight excluding hydrogens is 300 g/mol. The van der Waals surface area contributed by atoms with E-state index in [1.807, 2.05) is 18.2 Å². The first-order valence-corrected chi connectivity index (χ1v) is 8.19. The van der Waals surface area contributed by atoms with Crippen LogP contribution in [0.2, 0.25) is 0 Å². The number of aromatic carboxylic acids is 1. The van der Waals surface area contributed by atoms with Crippen molar-refractivity contribution in [3.63, 3.8) is 0 Å². The molecule has 0 amide bonds. The van der Waals surface area contributed by atoms with E-state index in [2.05, 4.69) is 22.0 Å². The highest BCUT2D eigenvalue weighted by atomic mass is 32.1. The molecule has 2 heterocycles. The van der Waals surface area contributed by atoms with Crippen LogP contribution >= 0.6 is 11.3 Å². The van der Waals surface area contributed by atoms with Gasteiger partial charge in [0, 0.05) is 18.5 Å². The number of carboxylic acid groups (broad SMARTS) is 1. The second-order valence-electron chi connectivity index (χ2n) is 5.28. The highest BCUT2D eigenvalue weighted by Gasteiger charge is 2.23. The Morgan fingerprint density at radius 2 is 2.23 bits per heavy atom. The van der Waals surface area contributed by atoms with Gasteiger partial charge in [0.15, 0.2) is 10.8 Å². The number of benzene rings is 1. The van der Waals surface area contributed by atoms with E-state index in [0.717, 1.165) is 31.1 Å². The number of rotatable bonds is 5. The van der Waals surface area contributed by atoms with Gasteiger partial charge in [-0.2, -0.15) is 0 Å². The van der Waals surface area contributed by atoms with Gasteiger partial charge in [-0.1, -0.05) is 30.3 Å². The maximum Gasteiger partial charge on any atom is 0.355 e. The van der Waals surface area contributed by atoms with E-state index in [-0.39, 0.29) is 11.8 Å². The lowest BCUT2D eigenvalue weighted by molar-refractivity contribution is 0.0354. The van der Waals surface area contributed by atoms with Gasteiger partial charge in [-0.3, -0.25) is 0 Å². The summed E-state index contributed by atoms with van der Waals surface area (Å²) in [4.78, 5) is 17.2. The van der Waals surface area contributed by atoms with Crippen LogP contribution in [0.25, 0.3) is 0 Å². The summed E-state index contributed by atoms with van der Waals surface area (Å²) in [6.07, 6.45) is 2.10.